The molecule has 0 atom stereocenters. The van der Waals surface area contributed by atoms with E-state index < -0.39 is 11.1 Å². The van der Waals surface area contributed by atoms with Crippen molar-refractivity contribution in [2.24, 2.45) is 13.0 Å². The van der Waals surface area contributed by atoms with Crippen molar-refractivity contribution in [1.29, 1.82) is 0 Å². The topological polar surface area (TPSA) is 147 Å². The van der Waals surface area contributed by atoms with E-state index in [0.717, 1.165) is 25.7 Å². The normalized spacial score (nSPS) is 15.5. The third kappa shape index (κ3) is 7.50. The number of carbonyl (C=O) groups excluding carboxylic acids is 3. The molecule has 5 rings (SSSR count). The molecule has 0 unspecified atom stereocenters. The molecule has 2 fully saturated rings. The Kier molecular flexibility index (Phi) is 9.24. The summed E-state index contributed by atoms with van der Waals surface area (Å²) in [5.74, 6) is 0.0754. The first-order chi connectivity index (χ1) is 21.3. The van der Waals surface area contributed by atoms with Crippen LogP contribution in [0, 0.1) is 5.92 Å². The van der Waals surface area contributed by atoms with E-state index in [9.17, 15) is 14.4 Å². The molecule has 0 radical (unpaired) electrons. The van der Waals surface area contributed by atoms with E-state index in [1.807, 2.05) is 40.6 Å². The van der Waals surface area contributed by atoms with Gasteiger partial charge in [-0.1, -0.05) is 6.07 Å². The van der Waals surface area contributed by atoms with Crippen LogP contribution in [0.15, 0.2) is 30.3 Å². The minimum atomic E-state index is -0.511. The number of likely N-dealkylation sites (tertiary alicyclic amines) is 1. The fraction of sp³-hybridized carbons (Fsp3) is 0.448. The minimum absolute atomic E-state index is 0.0242. The standard InChI is InChI=1S/C29H40B3N9O4/c1-39(2)17-10-12-41(13-11-17)28(44)22-14-20(38-40(22)3)18-6-5-7-19(25(18)45-4)33-21-15-23(34-26(42)16-8-9-16)36-37-24(21)27(43)35-29(30,31)32/h5-7,14-17H,8-13,30-32H2,1-4H3,(H,35,43)(H2,33,34,36,42). The van der Waals surface area contributed by atoms with E-state index >= 15 is 0 Å². The number of amides is 3. The van der Waals surface area contributed by atoms with Gasteiger partial charge in [0, 0.05) is 43.7 Å². The molecule has 3 N–H and O–H groups in total. The lowest BCUT2D eigenvalue weighted by molar-refractivity contribution is -0.117. The van der Waals surface area contributed by atoms with Crippen molar-refractivity contribution in [3.8, 4) is 17.0 Å². The zero-order chi connectivity index (χ0) is 32.5. The largest absolute Gasteiger partial charge is 0.494 e. The van der Waals surface area contributed by atoms with Gasteiger partial charge in [-0.2, -0.15) is 5.10 Å². The first-order valence-corrected chi connectivity index (χ1v) is 15.3. The Morgan fingerprint density at radius 3 is 2.36 bits per heavy atom. The highest BCUT2D eigenvalue weighted by Gasteiger charge is 2.31. The van der Waals surface area contributed by atoms with Crippen molar-refractivity contribution in [2.45, 2.75) is 37.0 Å². The summed E-state index contributed by atoms with van der Waals surface area (Å²) in [6, 6.07) is 9.35. The van der Waals surface area contributed by atoms with Crippen molar-refractivity contribution >= 4 is 58.5 Å². The number of ether oxygens (including phenoxy) is 1. The fourth-order valence-electron chi connectivity index (χ4n) is 5.44. The number of aromatic nitrogens is 4. The van der Waals surface area contributed by atoms with Crippen molar-refractivity contribution in [3.05, 3.63) is 41.7 Å². The second-order valence-electron chi connectivity index (χ2n) is 13.0. The van der Waals surface area contributed by atoms with Crippen LogP contribution in [0.3, 0.4) is 0 Å². The fourth-order valence-corrected chi connectivity index (χ4v) is 5.44. The number of hydrogen-bond donors (Lipinski definition) is 3. The molecule has 2 aliphatic rings. The number of aryl methyl sites for hydroxylation is 1. The van der Waals surface area contributed by atoms with E-state index in [2.05, 4.69) is 50.2 Å². The number of benzene rings is 1. The van der Waals surface area contributed by atoms with Crippen LogP contribution >= 0.6 is 0 Å². The molecule has 0 spiro atoms. The molecule has 1 aliphatic heterocycles. The predicted octanol–water partition coefficient (Wildman–Crippen LogP) is -0.616. The third-order valence-electron chi connectivity index (χ3n) is 8.04. The molecule has 45 heavy (non-hydrogen) atoms. The van der Waals surface area contributed by atoms with Crippen molar-refractivity contribution in [2.75, 3.05) is 44.9 Å². The van der Waals surface area contributed by atoms with Gasteiger partial charge < -0.3 is 30.5 Å². The molecule has 13 nitrogen and oxygen atoms in total. The molecule has 3 aromatic rings. The third-order valence-corrected chi connectivity index (χ3v) is 8.04. The van der Waals surface area contributed by atoms with Crippen molar-refractivity contribution < 1.29 is 19.1 Å². The van der Waals surface area contributed by atoms with E-state index in [1.165, 1.54) is 0 Å². The molecule has 1 saturated carbocycles. The smallest absolute Gasteiger partial charge is 0.272 e. The number of hydrogen-bond acceptors (Lipinski definition) is 9. The number of nitrogens with one attached hydrogen (secondary N) is 3. The second-order valence-corrected chi connectivity index (χ2v) is 13.0. The molecule has 1 saturated heterocycles. The van der Waals surface area contributed by atoms with E-state index in [-0.39, 0.29) is 29.2 Å². The van der Waals surface area contributed by atoms with Gasteiger partial charge in [-0.05, 0) is 63.2 Å². The number of nitrogens with zero attached hydrogens (tertiary/aromatic N) is 6. The Morgan fingerprint density at radius 1 is 1.02 bits per heavy atom. The van der Waals surface area contributed by atoms with E-state index in [0.29, 0.717) is 53.2 Å². The minimum Gasteiger partial charge on any atom is -0.494 e. The van der Waals surface area contributed by atoms with Gasteiger partial charge in [-0.15, -0.1) is 10.2 Å². The van der Waals surface area contributed by atoms with Gasteiger partial charge in [0.15, 0.2) is 17.3 Å². The molecule has 16 heteroatoms. The maximum absolute atomic E-state index is 13.5. The average molecular weight is 611 g/mol. The Balaban J connectivity index is 1.44. The van der Waals surface area contributed by atoms with Gasteiger partial charge in [-0.3, -0.25) is 19.1 Å². The highest BCUT2D eigenvalue weighted by Crippen LogP contribution is 2.38. The SMILES string of the molecule is BC(B)(B)NC(=O)c1nnc(NC(=O)C2CC2)cc1Nc1cccc(-c2cc(C(=O)N3CCC(N(C)C)CC3)n(C)n2)c1OC. The predicted molar refractivity (Wildman–Crippen MR) is 180 cm³/mol. The van der Waals surface area contributed by atoms with Gasteiger partial charge in [0.05, 0.1) is 24.2 Å². The maximum atomic E-state index is 13.5. The van der Waals surface area contributed by atoms with Crippen LogP contribution in [0.1, 0.15) is 46.7 Å². The second kappa shape index (κ2) is 13.0. The molecule has 3 heterocycles. The molecular formula is C29H40B3N9O4. The van der Waals surface area contributed by atoms with Crippen LogP contribution in [0.4, 0.5) is 17.2 Å². The summed E-state index contributed by atoms with van der Waals surface area (Å²) in [6.45, 7) is 1.39. The quantitative estimate of drug-likeness (QED) is 0.256. The van der Waals surface area contributed by atoms with Crippen LogP contribution in [0.25, 0.3) is 11.3 Å². The number of carbonyl (C=O) groups is 3. The molecule has 0 bridgehead atoms. The summed E-state index contributed by atoms with van der Waals surface area (Å²) < 4.78 is 7.46. The van der Waals surface area contributed by atoms with E-state index in [4.69, 9.17) is 4.74 Å². The van der Waals surface area contributed by atoms with Gasteiger partial charge in [-0.25, -0.2) is 0 Å². The molecular weight excluding hydrogens is 571 g/mol. The Morgan fingerprint density at radius 2 is 1.73 bits per heavy atom. The highest BCUT2D eigenvalue weighted by molar-refractivity contribution is 6.60. The van der Waals surface area contributed by atoms with Crippen LogP contribution in [0.5, 0.6) is 5.75 Å². The van der Waals surface area contributed by atoms with Gasteiger partial charge in [0.25, 0.3) is 11.8 Å². The number of piperidine rings is 1. The Labute approximate surface area is 266 Å². The van der Waals surface area contributed by atoms with Crippen LogP contribution in [-0.4, -0.2) is 117 Å². The summed E-state index contributed by atoms with van der Waals surface area (Å²) in [6.07, 6.45) is 3.54. The monoisotopic (exact) mass is 611 g/mol. The molecule has 1 aromatic carbocycles. The van der Waals surface area contributed by atoms with E-state index in [1.54, 1.807) is 37.0 Å². The number of anilines is 3. The molecule has 2 aromatic heterocycles. The number of methoxy groups -OCH3 is 1. The van der Waals surface area contributed by atoms with Crippen molar-refractivity contribution in [3.63, 3.8) is 0 Å². The molecule has 3 amide bonds. The first-order valence-electron chi connectivity index (χ1n) is 15.3. The highest BCUT2D eigenvalue weighted by atomic mass is 16.5. The lowest BCUT2D eigenvalue weighted by atomic mass is 9.49. The first kappa shape index (κ1) is 32.1. The molecule has 1 aliphatic carbocycles. The lowest BCUT2D eigenvalue weighted by Gasteiger charge is -2.35. The summed E-state index contributed by atoms with van der Waals surface area (Å²) in [5.41, 5.74) is 2.66. The van der Waals surface area contributed by atoms with Gasteiger partial charge in [0.2, 0.25) is 5.91 Å². The van der Waals surface area contributed by atoms with Crippen molar-refractivity contribution in [1.82, 2.24) is 35.1 Å². The summed E-state index contributed by atoms with van der Waals surface area (Å²) in [4.78, 5) is 43.2. The van der Waals surface area contributed by atoms with Crippen LogP contribution in [-0.2, 0) is 11.8 Å². The summed E-state index contributed by atoms with van der Waals surface area (Å²) in [5, 5.41) is 21.4. The number of para-hydroxylation sites is 1. The summed E-state index contributed by atoms with van der Waals surface area (Å²) >= 11 is 0. The van der Waals surface area contributed by atoms with Gasteiger partial charge in [0.1, 0.15) is 29.2 Å². The van der Waals surface area contributed by atoms with Crippen LogP contribution < -0.4 is 20.7 Å². The summed E-state index contributed by atoms with van der Waals surface area (Å²) in [7, 11) is 13.1. The zero-order valence-corrected chi connectivity index (χ0v) is 27.1. The lowest BCUT2D eigenvalue weighted by Crippen LogP contribution is -2.50. The Hall–Kier alpha value is -4.33. The van der Waals surface area contributed by atoms with Gasteiger partial charge >= 0.3 is 0 Å². The Bertz CT molecular complexity index is 1600. The molecule has 234 valence electrons. The maximum Gasteiger partial charge on any atom is 0.272 e. The van der Waals surface area contributed by atoms with Crippen LogP contribution in [0.2, 0.25) is 0 Å². The average Bonchev–Trinajstić information content (AvgIpc) is 3.77. The zero-order valence-electron chi connectivity index (χ0n) is 27.1. The number of rotatable bonds is 10.